The second kappa shape index (κ2) is 9.47. The van der Waals surface area contributed by atoms with Crippen molar-refractivity contribution in [3.05, 3.63) is 57.7 Å². The number of benzene rings is 2. The fourth-order valence-corrected chi connectivity index (χ4v) is 3.12. The van der Waals surface area contributed by atoms with Gasteiger partial charge in [0.25, 0.3) is 5.91 Å². The Morgan fingerprint density at radius 2 is 2.00 bits per heavy atom. The van der Waals surface area contributed by atoms with E-state index in [2.05, 4.69) is 27.9 Å². The van der Waals surface area contributed by atoms with Crippen LogP contribution in [0.3, 0.4) is 0 Å². The number of carbonyl (C=O) groups excluding carboxylic acids is 2. The third-order valence-electron chi connectivity index (χ3n) is 3.93. The van der Waals surface area contributed by atoms with Gasteiger partial charge in [-0.25, -0.2) is 10.3 Å². The molecule has 0 spiro atoms. The van der Waals surface area contributed by atoms with E-state index in [-0.39, 0.29) is 19.0 Å². The summed E-state index contributed by atoms with van der Waals surface area (Å²) >= 11 is 2.07. The van der Waals surface area contributed by atoms with E-state index in [1.54, 1.807) is 30.3 Å². The van der Waals surface area contributed by atoms with E-state index < -0.39 is 18.1 Å². The van der Waals surface area contributed by atoms with Gasteiger partial charge in [-0.05, 0) is 52.9 Å². The number of halogens is 1. The minimum atomic E-state index is -0.874. The van der Waals surface area contributed by atoms with E-state index >= 15 is 0 Å². The first-order valence-electron chi connectivity index (χ1n) is 8.42. The average Bonchev–Trinajstić information content (AvgIpc) is 3.16. The van der Waals surface area contributed by atoms with Crippen molar-refractivity contribution < 1.29 is 34.1 Å². The highest BCUT2D eigenvalue weighted by Crippen LogP contribution is 2.35. The Kier molecular flexibility index (Phi) is 6.77. The molecular formula is C19H17IN2O7. The number of phenols is 1. The van der Waals surface area contributed by atoms with Gasteiger partial charge in [0.05, 0.1) is 0 Å². The summed E-state index contributed by atoms with van der Waals surface area (Å²) in [6.07, 6.45) is 0.976. The molecule has 0 aromatic heterocycles. The summed E-state index contributed by atoms with van der Waals surface area (Å²) in [5, 5.41) is 21.3. The molecule has 1 atom stereocenters. The summed E-state index contributed by atoms with van der Waals surface area (Å²) in [5.74, 6) is 0.317. The number of amides is 2. The van der Waals surface area contributed by atoms with Gasteiger partial charge in [0.2, 0.25) is 6.79 Å². The number of nitrogens with one attached hydrogen (secondary N) is 2. The summed E-state index contributed by atoms with van der Waals surface area (Å²) in [7, 11) is 0. The molecule has 1 heterocycles. The molecule has 10 heteroatoms. The number of anilines is 1. The molecule has 1 aliphatic heterocycles. The highest BCUT2D eigenvalue weighted by Gasteiger charge is 2.21. The lowest BCUT2D eigenvalue weighted by molar-refractivity contribution is -0.124. The SMILES string of the molecule is O=C(/C=C/C[C@@H](OC(=O)Nc1ccc2c(c1)OCO2)c1cc(I)ccc1O)NO. The van der Waals surface area contributed by atoms with Crippen LogP contribution in [0.1, 0.15) is 18.1 Å². The Bertz CT molecular complexity index is 948. The first-order valence-corrected chi connectivity index (χ1v) is 9.50. The zero-order chi connectivity index (χ0) is 20.8. The lowest BCUT2D eigenvalue weighted by Crippen LogP contribution is -2.18. The van der Waals surface area contributed by atoms with E-state index in [0.717, 1.165) is 9.65 Å². The predicted molar refractivity (Wildman–Crippen MR) is 110 cm³/mol. The first-order chi connectivity index (χ1) is 14.0. The molecule has 0 aliphatic carbocycles. The van der Waals surface area contributed by atoms with Crippen molar-refractivity contribution in [2.24, 2.45) is 0 Å². The van der Waals surface area contributed by atoms with Crippen LogP contribution in [0.2, 0.25) is 0 Å². The molecule has 0 fully saturated rings. The van der Waals surface area contributed by atoms with Crippen LogP contribution in [-0.4, -0.2) is 29.1 Å². The summed E-state index contributed by atoms with van der Waals surface area (Å²) < 4.78 is 16.8. The number of aromatic hydroxyl groups is 1. The second-order valence-electron chi connectivity index (χ2n) is 5.90. The van der Waals surface area contributed by atoms with Gasteiger partial charge in [-0.1, -0.05) is 6.08 Å². The van der Waals surface area contributed by atoms with Crippen molar-refractivity contribution >= 4 is 40.3 Å². The Balaban J connectivity index is 1.74. The molecule has 29 heavy (non-hydrogen) atoms. The molecule has 2 amide bonds. The molecule has 0 bridgehead atoms. The molecule has 0 saturated carbocycles. The number of hydrogen-bond donors (Lipinski definition) is 4. The molecule has 4 N–H and O–H groups in total. The van der Waals surface area contributed by atoms with Crippen molar-refractivity contribution in [3.8, 4) is 17.2 Å². The number of rotatable bonds is 6. The van der Waals surface area contributed by atoms with Crippen LogP contribution in [0.15, 0.2) is 48.6 Å². The minimum absolute atomic E-state index is 0.0497. The van der Waals surface area contributed by atoms with E-state index in [1.165, 1.54) is 17.6 Å². The average molecular weight is 512 g/mol. The summed E-state index contributed by atoms with van der Waals surface area (Å²) in [5.41, 5.74) is 2.30. The summed E-state index contributed by atoms with van der Waals surface area (Å²) in [6, 6.07) is 9.78. The smallest absolute Gasteiger partial charge is 0.412 e. The number of hydrogen-bond acceptors (Lipinski definition) is 7. The fraction of sp³-hybridized carbons (Fsp3) is 0.158. The predicted octanol–water partition coefficient (Wildman–Crippen LogP) is 3.47. The zero-order valence-electron chi connectivity index (χ0n) is 14.9. The monoisotopic (exact) mass is 512 g/mol. The highest BCUT2D eigenvalue weighted by atomic mass is 127. The lowest BCUT2D eigenvalue weighted by atomic mass is 10.0. The maximum atomic E-state index is 12.4. The largest absolute Gasteiger partial charge is 0.508 e. The van der Waals surface area contributed by atoms with Gasteiger partial charge in [-0.2, -0.15) is 0 Å². The third-order valence-corrected chi connectivity index (χ3v) is 4.61. The van der Waals surface area contributed by atoms with Gasteiger partial charge in [0.15, 0.2) is 11.5 Å². The number of hydroxylamine groups is 1. The molecule has 1 aliphatic rings. The topological polar surface area (TPSA) is 126 Å². The normalized spacial score (nSPS) is 13.2. The molecule has 2 aromatic rings. The summed E-state index contributed by atoms with van der Waals surface area (Å²) in [6.45, 7) is 0.116. The maximum absolute atomic E-state index is 12.4. The van der Waals surface area contributed by atoms with Crippen LogP contribution in [0, 0.1) is 3.57 Å². The molecule has 3 rings (SSSR count). The molecule has 0 radical (unpaired) electrons. The standard InChI is InChI=1S/C19H17IN2O7/c20-11-4-6-14(23)13(8-11)15(2-1-3-18(24)22-26)29-19(25)21-12-5-7-16-17(9-12)28-10-27-16/h1,3-9,15,23,26H,2,10H2,(H,21,25)(H,22,24)/b3-1+/t15-/m1/s1. The Labute approximate surface area is 179 Å². The van der Waals surface area contributed by atoms with Crippen molar-refractivity contribution in [1.82, 2.24) is 5.48 Å². The van der Waals surface area contributed by atoms with Gasteiger partial charge < -0.3 is 19.3 Å². The van der Waals surface area contributed by atoms with Crippen molar-refractivity contribution in [2.75, 3.05) is 12.1 Å². The quantitative estimate of drug-likeness (QED) is 0.202. The van der Waals surface area contributed by atoms with E-state index in [9.17, 15) is 14.7 Å². The Morgan fingerprint density at radius 3 is 2.79 bits per heavy atom. The van der Waals surface area contributed by atoms with Crippen LogP contribution in [0.4, 0.5) is 10.5 Å². The maximum Gasteiger partial charge on any atom is 0.412 e. The highest BCUT2D eigenvalue weighted by molar-refractivity contribution is 14.1. The van der Waals surface area contributed by atoms with Gasteiger partial charge in [0, 0.05) is 33.4 Å². The van der Waals surface area contributed by atoms with Crippen molar-refractivity contribution in [1.29, 1.82) is 0 Å². The van der Waals surface area contributed by atoms with Crippen molar-refractivity contribution in [2.45, 2.75) is 12.5 Å². The lowest BCUT2D eigenvalue weighted by Gasteiger charge is -2.19. The number of carbonyl (C=O) groups is 2. The Hall–Kier alpha value is -2.99. The molecule has 2 aromatic carbocycles. The van der Waals surface area contributed by atoms with Crippen molar-refractivity contribution in [3.63, 3.8) is 0 Å². The summed E-state index contributed by atoms with van der Waals surface area (Å²) in [4.78, 5) is 23.6. The van der Waals surface area contributed by atoms with E-state index in [1.807, 2.05) is 0 Å². The Morgan fingerprint density at radius 1 is 1.21 bits per heavy atom. The molecule has 9 nitrogen and oxygen atoms in total. The molecule has 0 unspecified atom stereocenters. The van der Waals surface area contributed by atoms with Gasteiger partial charge in [-0.3, -0.25) is 15.3 Å². The van der Waals surface area contributed by atoms with E-state index in [0.29, 0.717) is 22.7 Å². The number of fused-ring (bicyclic) bond motifs is 1. The number of phenolic OH excluding ortho intramolecular Hbond substituents is 1. The zero-order valence-corrected chi connectivity index (χ0v) is 17.1. The number of ether oxygens (including phenoxy) is 3. The minimum Gasteiger partial charge on any atom is -0.508 e. The van der Waals surface area contributed by atoms with Crippen LogP contribution < -0.4 is 20.3 Å². The molecular weight excluding hydrogens is 495 g/mol. The fourth-order valence-electron chi connectivity index (χ4n) is 2.61. The van der Waals surface area contributed by atoms with Gasteiger partial charge >= 0.3 is 6.09 Å². The van der Waals surface area contributed by atoms with Crippen LogP contribution in [0.25, 0.3) is 0 Å². The van der Waals surface area contributed by atoms with Gasteiger partial charge in [0.1, 0.15) is 11.9 Å². The van der Waals surface area contributed by atoms with E-state index in [4.69, 9.17) is 19.4 Å². The van der Waals surface area contributed by atoms with Crippen LogP contribution >= 0.6 is 22.6 Å². The molecule has 152 valence electrons. The van der Waals surface area contributed by atoms with Gasteiger partial charge in [-0.15, -0.1) is 0 Å². The van der Waals surface area contributed by atoms with Crippen LogP contribution in [-0.2, 0) is 9.53 Å². The first kappa shape index (κ1) is 20.7. The van der Waals surface area contributed by atoms with Crippen LogP contribution in [0.5, 0.6) is 17.2 Å². The third kappa shape index (κ3) is 5.51. The second-order valence-corrected chi connectivity index (χ2v) is 7.15. The molecule has 0 saturated heterocycles.